The summed E-state index contributed by atoms with van der Waals surface area (Å²) >= 11 is 0. The Kier molecular flexibility index (Phi) is 4.63. The molecule has 2 unspecified atom stereocenters. The average molecular weight is 268 g/mol. The molecule has 104 valence electrons. The van der Waals surface area contributed by atoms with Gasteiger partial charge in [-0.1, -0.05) is 6.07 Å². The van der Waals surface area contributed by atoms with Gasteiger partial charge in [-0.2, -0.15) is 0 Å². The number of hydrogen-bond donors (Lipinski definition) is 4. The molecule has 0 aromatic heterocycles. The van der Waals surface area contributed by atoms with Crippen LogP contribution in [0.5, 0.6) is 0 Å². The van der Waals surface area contributed by atoms with Crippen LogP contribution in [0, 0.1) is 0 Å². The highest BCUT2D eigenvalue weighted by Crippen LogP contribution is 2.27. The topological polar surface area (TPSA) is 115 Å². The number of aromatic carboxylic acids is 2. The Hall–Kier alpha value is -1.92. The number of aliphatic hydroxyl groups is 2. The first-order valence-corrected chi connectivity index (χ1v) is 5.74. The van der Waals surface area contributed by atoms with Crippen molar-refractivity contribution in [1.82, 2.24) is 0 Å². The van der Waals surface area contributed by atoms with Crippen LogP contribution in [-0.4, -0.2) is 38.5 Å². The van der Waals surface area contributed by atoms with Crippen molar-refractivity contribution in [3.63, 3.8) is 0 Å². The van der Waals surface area contributed by atoms with Gasteiger partial charge in [0.1, 0.15) is 0 Å². The van der Waals surface area contributed by atoms with Crippen LogP contribution in [0.3, 0.4) is 0 Å². The minimum Gasteiger partial charge on any atom is -0.478 e. The molecule has 0 aliphatic carbocycles. The lowest BCUT2D eigenvalue weighted by Crippen LogP contribution is -2.17. The van der Waals surface area contributed by atoms with Crippen molar-refractivity contribution < 1.29 is 30.0 Å². The highest BCUT2D eigenvalue weighted by atomic mass is 16.4. The Morgan fingerprint density at radius 1 is 1.11 bits per heavy atom. The molecule has 0 saturated carbocycles. The molecule has 0 aliphatic rings. The Balaban J connectivity index is 3.58. The first-order valence-electron chi connectivity index (χ1n) is 5.74. The van der Waals surface area contributed by atoms with Gasteiger partial charge in [0.25, 0.3) is 0 Å². The lowest BCUT2D eigenvalue weighted by atomic mass is 9.90. The van der Waals surface area contributed by atoms with E-state index < -0.39 is 29.7 Å². The Morgan fingerprint density at radius 3 is 2.05 bits per heavy atom. The quantitative estimate of drug-likeness (QED) is 0.634. The number of benzene rings is 1. The molecule has 0 radical (unpaired) electrons. The molecule has 0 aliphatic heterocycles. The number of hydrogen-bond acceptors (Lipinski definition) is 4. The Labute approximate surface area is 109 Å². The van der Waals surface area contributed by atoms with E-state index in [2.05, 4.69) is 0 Å². The number of carboxylic acids is 2. The molecular weight excluding hydrogens is 252 g/mol. The maximum Gasteiger partial charge on any atom is 0.336 e. The predicted molar refractivity (Wildman–Crippen MR) is 66.4 cm³/mol. The van der Waals surface area contributed by atoms with Crippen molar-refractivity contribution >= 4 is 11.9 Å². The zero-order chi connectivity index (χ0) is 14.7. The highest BCUT2D eigenvalue weighted by Gasteiger charge is 2.25. The first kappa shape index (κ1) is 15.1. The minimum atomic E-state index is -1.42. The molecule has 2 atom stereocenters. The predicted octanol–water partition coefficient (Wildman–Crippen LogP) is 1.06. The smallest absolute Gasteiger partial charge is 0.336 e. The lowest BCUT2D eigenvalue weighted by molar-refractivity contribution is 0.0646. The van der Waals surface area contributed by atoms with E-state index in [9.17, 15) is 19.8 Å². The van der Waals surface area contributed by atoms with E-state index in [1.807, 2.05) is 0 Å². The third-order valence-electron chi connectivity index (χ3n) is 2.71. The van der Waals surface area contributed by atoms with E-state index in [-0.39, 0.29) is 17.5 Å². The van der Waals surface area contributed by atoms with Crippen molar-refractivity contribution in [1.29, 1.82) is 0 Å². The summed E-state index contributed by atoms with van der Waals surface area (Å²) in [6.45, 7) is 2.89. The summed E-state index contributed by atoms with van der Waals surface area (Å²) in [5, 5.41) is 37.3. The summed E-state index contributed by atoms with van der Waals surface area (Å²) in [6, 6.07) is 2.60. The van der Waals surface area contributed by atoms with Crippen molar-refractivity contribution in [3.05, 3.63) is 34.4 Å². The minimum absolute atomic E-state index is 0.0355. The highest BCUT2D eigenvalue weighted by molar-refractivity contribution is 6.03. The molecule has 6 heteroatoms. The second-order valence-electron chi connectivity index (χ2n) is 4.40. The molecular formula is C13H16O6. The molecule has 0 saturated heterocycles. The fraction of sp³-hybridized carbons (Fsp3) is 0.385. The average Bonchev–Trinajstić information content (AvgIpc) is 2.26. The van der Waals surface area contributed by atoms with E-state index >= 15 is 0 Å². The monoisotopic (exact) mass is 268 g/mol. The van der Waals surface area contributed by atoms with Gasteiger partial charge in [-0.15, -0.1) is 0 Å². The third kappa shape index (κ3) is 3.30. The van der Waals surface area contributed by atoms with Gasteiger partial charge in [-0.25, -0.2) is 9.59 Å². The largest absolute Gasteiger partial charge is 0.478 e. The summed E-state index contributed by atoms with van der Waals surface area (Å²) in [5.41, 5.74) is -0.348. The zero-order valence-electron chi connectivity index (χ0n) is 10.6. The van der Waals surface area contributed by atoms with Gasteiger partial charge < -0.3 is 20.4 Å². The van der Waals surface area contributed by atoms with E-state index in [1.54, 1.807) is 0 Å². The fourth-order valence-corrected chi connectivity index (χ4v) is 2.04. The van der Waals surface area contributed by atoms with Crippen molar-refractivity contribution in [3.8, 4) is 0 Å². The van der Waals surface area contributed by atoms with Crippen LogP contribution in [0.1, 0.15) is 51.8 Å². The van der Waals surface area contributed by atoms with Gasteiger partial charge in [0.15, 0.2) is 0 Å². The van der Waals surface area contributed by atoms with Crippen LogP contribution in [0.4, 0.5) is 0 Å². The second-order valence-corrected chi connectivity index (χ2v) is 4.40. The molecule has 1 rings (SSSR count). The van der Waals surface area contributed by atoms with Gasteiger partial charge >= 0.3 is 11.9 Å². The molecule has 6 nitrogen and oxygen atoms in total. The van der Waals surface area contributed by atoms with E-state index in [0.717, 1.165) is 0 Å². The summed E-state index contributed by atoms with van der Waals surface area (Å²) in [4.78, 5) is 22.3. The van der Waals surface area contributed by atoms with Crippen LogP contribution >= 0.6 is 0 Å². The molecule has 0 spiro atoms. The number of aliphatic hydroxyl groups excluding tert-OH is 2. The number of rotatable bonds is 5. The molecule has 0 amide bonds. The van der Waals surface area contributed by atoms with Gasteiger partial charge in [-0.05, 0) is 37.5 Å². The van der Waals surface area contributed by atoms with Gasteiger partial charge in [0, 0.05) is 0 Å². The lowest BCUT2D eigenvalue weighted by Gasteiger charge is -2.18. The van der Waals surface area contributed by atoms with E-state index in [4.69, 9.17) is 10.2 Å². The van der Waals surface area contributed by atoms with Crippen LogP contribution in [0.25, 0.3) is 0 Å². The number of carbonyl (C=O) groups is 2. The normalized spacial score (nSPS) is 13.9. The van der Waals surface area contributed by atoms with Crippen LogP contribution in [-0.2, 0) is 6.42 Å². The molecule has 4 N–H and O–H groups in total. The molecule has 19 heavy (non-hydrogen) atoms. The maximum absolute atomic E-state index is 11.3. The summed E-state index contributed by atoms with van der Waals surface area (Å²) in [5.74, 6) is -2.79. The van der Waals surface area contributed by atoms with Crippen LogP contribution in [0.15, 0.2) is 12.1 Å². The fourth-order valence-electron chi connectivity index (χ4n) is 2.04. The molecule has 0 heterocycles. The van der Waals surface area contributed by atoms with E-state index in [0.29, 0.717) is 5.56 Å². The van der Waals surface area contributed by atoms with E-state index in [1.165, 1.54) is 26.0 Å². The zero-order valence-corrected chi connectivity index (χ0v) is 10.6. The Morgan fingerprint density at radius 2 is 1.68 bits per heavy atom. The van der Waals surface area contributed by atoms with Gasteiger partial charge in [0.05, 0.1) is 23.3 Å². The molecule has 1 aromatic carbocycles. The van der Waals surface area contributed by atoms with Crippen molar-refractivity contribution in [2.24, 2.45) is 0 Å². The van der Waals surface area contributed by atoms with Gasteiger partial charge in [0.2, 0.25) is 0 Å². The third-order valence-corrected chi connectivity index (χ3v) is 2.71. The summed E-state index contributed by atoms with van der Waals surface area (Å²) < 4.78 is 0. The summed E-state index contributed by atoms with van der Waals surface area (Å²) in [6.07, 6.45) is -1.73. The standard InChI is InChI=1S/C13H16O6/c1-6(14)5-8-3-4-9(12(16)17)11(13(18)19)10(8)7(2)15/h3-4,6-7,14-15H,5H2,1-2H3,(H,16,17)(H,18,19). The van der Waals surface area contributed by atoms with Crippen molar-refractivity contribution in [2.45, 2.75) is 32.5 Å². The molecule has 1 aromatic rings. The van der Waals surface area contributed by atoms with Gasteiger partial charge in [-0.3, -0.25) is 0 Å². The summed E-state index contributed by atoms with van der Waals surface area (Å²) in [7, 11) is 0. The first-order chi connectivity index (χ1) is 8.75. The van der Waals surface area contributed by atoms with Crippen LogP contribution < -0.4 is 0 Å². The second kappa shape index (κ2) is 5.81. The maximum atomic E-state index is 11.3. The van der Waals surface area contributed by atoms with Crippen LogP contribution in [0.2, 0.25) is 0 Å². The molecule has 0 fully saturated rings. The van der Waals surface area contributed by atoms with Crippen molar-refractivity contribution in [2.75, 3.05) is 0 Å². The SMILES string of the molecule is CC(O)Cc1ccc(C(=O)O)c(C(=O)O)c1C(C)O. The Bertz CT molecular complexity index is 504. The molecule has 0 bridgehead atoms. The number of carboxylic acid groups (broad SMARTS) is 2.